The number of carboxylic acid groups (broad SMARTS) is 1. The van der Waals surface area contributed by atoms with Crippen LogP contribution in [0.1, 0.15) is 33.4 Å². The average Bonchev–Trinajstić information content (AvgIpc) is 2.47. The van der Waals surface area contributed by atoms with Gasteiger partial charge in [0.25, 0.3) is 0 Å². The van der Waals surface area contributed by atoms with Gasteiger partial charge in [-0.1, -0.05) is 24.3 Å². The average molecular weight is 312 g/mol. The van der Waals surface area contributed by atoms with E-state index in [1.54, 1.807) is 0 Å². The van der Waals surface area contributed by atoms with Crippen molar-refractivity contribution in [3.8, 4) is 5.75 Å². The van der Waals surface area contributed by atoms with E-state index < -0.39 is 12.1 Å². The van der Waals surface area contributed by atoms with Gasteiger partial charge in [-0.25, -0.2) is 4.79 Å². The molecule has 0 aliphatic carbocycles. The first kappa shape index (κ1) is 17.1. The third-order valence-electron chi connectivity index (χ3n) is 4.30. The maximum atomic E-state index is 11.6. The topological polar surface area (TPSA) is 46.5 Å². The Bertz CT molecular complexity index is 732. The van der Waals surface area contributed by atoms with Crippen molar-refractivity contribution in [1.82, 2.24) is 0 Å². The number of carbonyl (C=O) groups is 1. The highest BCUT2D eigenvalue weighted by Crippen LogP contribution is 2.25. The molecule has 0 aliphatic heterocycles. The summed E-state index contributed by atoms with van der Waals surface area (Å²) >= 11 is 0. The lowest BCUT2D eigenvalue weighted by Crippen LogP contribution is -2.29. The molecule has 0 fully saturated rings. The van der Waals surface area contributed by atoms with Crippen LogP contribution in [0.4, 0.5) is 0 Å². The van der Waals surface area contributed by atoms with Crippen LogP contribution in [0.5, 0.6) is 5.75 Å². The molecule has 2 rings (SSSR count). The van der Waals surface area contributed by atoms with E-state index in [0.717, 1.165) is 27.8 Å². The van der Waals surface area contributed by atoms with Crippen LogP contribution in [-0.4, -0.2) is 17.2 Å². The number of ether oxygens (including phenoxy) is 1. The maximum absolute atomic E-state index is 11.6. The summed E-state index contributed by atoms with van der Waals surface area (Å²) in [6, 6.07) is 9.99. The summed E-state index contributed by atoms with van der Waals surface area (Å²) in [5.41, 5.74) is 6.50. The molecule has 0 amide bonds. The van der Waals surface area contributed by atoms with Gasteiger partial charge in [0.2, 0.25) is 0 Å². The number of rotatable bonds is 5. The Hall–Kier alpha value is -2.29. The van der Waals surface area contributed by atoms with Crippen LogP contribution < -0.4 is 4.74 Å². The number of benzene rings is 2. The van der Waals surface area contributed by atoms with E-state index in [-0.39, 0.29) is 0 Å². The largest absolute Gasteiger partial charge is 0.478 e. The SMILES string of the molecule is Cc1cc(C)c(C)c(O[C@H](Cc2ccc(C)c(C)c2)C(=O)O)c1. The van der Waals surface area contributed by atoms with Gasteiger partial charge in [-0.05, 0) is 74.1 Å². The standard InChI is InChI=1S/C20H24O3/c1-12-8-15(4)16(5)18(9-12)23-19(20(21)22)11-17-7-6-13(2)14(3)10-17/h6-10,19H,11H2,1-5H3,(H,21,22)/t19-/m1/s1. The van der Waals surface area contributed by atoms with Crippen molar-refractivity contribution in [3.63, 3.8) is 0 Å². The van der Waals surface area contributed by atoms with Gasteiger partial charge in [-0.15, -0.1) is 0 Å². The van der Waals surface area contributed by atoms with E-state index in [0.29, 0.717) is 12.2 Å². The minimum atomic E-state index is -0.943. The summed E-state index contributed by atoms with van der Waals surface area (Å²) in [7, 11) is 0. The van der Waals surface area contributed by atoms with Crippen LogP contribution >= 0.6 is 0 Å². The first-order chi connectivity index (χ1) is 10.8. The van der Waals surface area contributed by atoms with Crippen LogP contribution in [0.2, 0.25) is 0 Å². The van der Waals surface area contributed by atoms with Gasteiger partial charge >= 0.3 is 5.97 Å². The molecular weight excluding hydrogens is 288 g/mol. The Labute approximate surface area is 137 Å². The second-order valence-corrected chi connectivity index (χ2v) is 6.27. The van der Waals surface area contributed by atoms with Crippen LogP contribution in [0.25, 0.3) is 0 Å². The van der Waals surface area contributed by atoms with Crippen LogP contribution in [0.3, 0.4) is 0 Å². The quantitative estimate of drug-likeness (QED) is 0.895. The Morgan fingerprint density at radius 2 is 1.70 bits per heavy atom. The molecule has 0 aliphatic rings. The normalized spacial score (nSPS) is 12.0. The van der Waals surface area contributed by atoms with Crippen molar-refractivity contribution >= 4 is 5.97 Å². The molecule has 23 heavy (non-hydrogen) atoms. The van der Waals surface area contributed by atoms with Gasteiger partial charge in [0, 0.05) is 6.42 Å². The lowest BCUT2D eigenvalue weighted by molar-refractivity contribution is -0.145. The Balaban J connectivity index is 2.26. The Kier molecular flexibility index (Phi) is 5.09. The number of aryl methyl sites for hydroxylation is 4. The summed E-state index contributed by atoms with van der Waals surface area (Å²) in [5.74, 6) is -0.291. The summed E-state index contributed by atoms with van der Waals surface area (Å²) in [6.45, 7) is 10.0. The zero-order valence-corrected chi connectivity index (χ0v) is 14.4. The van der Waals surface area contributed by atoms with Gasteiger partial charge in [0.05, 0.1) is 0 Å². The van der Waals surface area contributed by atoms with Gasteiger partial charge in [0.1, 0.15) is 5.75 Å². The molecule has 3 heteroatoms. The maximum Gasteiger partial charge on any atom is 0.345 e. The molecule has 3 nitrogen and oxygen atoms in total. The molecule has 0 aromatic heterocycles. The van der Waals surface area contributed by atoms with Crippen molar-refractivity contribution in [3.05, 3.63) is 63.7 Å². The lowest BCUT2D eigenvalue weighted by atomic mass is 10.0. The highest BCUT2D eigenvalue weighted by atomic mass is 16.5. The van der Waals surface area contributed by atoms with Gasteiger partial charge in [0.15, 0.2) is 6.10 Å². The predicted molar refractivity (Wildman–Crippen MR) is 92.3 cm³/mol. The molecule has 122 valence electrons. The fraction of sp³-hybridized carbons (Fsp3) is 0.350. The first-order valence-electron chi connectivity index (χ1n) is 7.81. The van der Waals surface area contributed by atoms with Crippen LogP contribution in [0, 0.1) is 34.6 Å². The molecule has 0 radical (unpaired) electrons. The summed E-state index contributed by atoms with van der Waals surface area (Å²) in [4.78, 5) is 11.6. The zero-order valence-electron chi connectivity index (χ0n) is 14.4. The summed E-state index contributed by atoms with van der Waals surface area (Å²) in [5, 5.41) is 9.52. The Morgan fingerprint density at radius 3 is 2.30 bits per heavy atom. The molecule has 2 aromatic carbocycles. The third kappa shape index (κ3) is 4.13. The zero-order chi connectivity index (χ0) is 17.1. The van der Waals surface area contributed by atoms with Crippen molar-refractivity contribution in [2.24, 2.45) is 0 Å². The summed E-state index contributed by atoms with van der Waals surface area (Å²) < 4.78 is 5.84. The van der Waals surface area contributed by atoms with E-state index >= 15 is 0 Å². The number of carboxylic acids is 1. The van der Waals surface area contributed by atoms with E-state index in [9.17, 15) is 9.90 Å². The monoisotopic (exact) mass is 312 g/mol. The summed E-state index contributed by atoms with van der Waals surface area (Å²) in [6.07, 6.45) is -0.542. The molecule has 1 N–H and O–H groups in total. The minimum absolute atomic E-state index is 0.350. The van der Waals surface area contributed by atoms with Gasteiger partial charge in [-0.3, -0.25) is 0 Å². The number of hydrogen-bond donors (Lipinski definition) is 1. The van der Waals surface area contributed by atoms with E-state index in [1.165, 1.54) is 5.56 Å². The fourth-order valence-corrected chi connectivity index (χ4v) is 2.60. The number of hydrogen-bond acceptors (Lipinski definition) is 2. The second kappa shape index (κ2) is 6.86. The van der Waals surface area contributed by atoms with E-state index in [2.05, 4.69) is 6.07 Å². The van der Waals surface area contributed by atoms with Crippen molar-refractivity contribution in [2.75, 3.05) is 0 Å². The van der Waals surface area contributed by atoms with Crippen molar-refractivity contribution < 1.29 is 14.6 Å². The van der Waals surface area contributed by atoms with Crippen LogP contribution in [-0.2, 0) is 11.2 Å². The molecule has 0 unspecified atom stereocenters. The van der Waals surface area contributed by atoms with Crippen LogP contribution in [0.15, 0.2) is 30.3 Å². The molecule has 0 bridgehead atoms. The van der Waals surface area contributed by atoms with E-state index in [1.807, 2.05) is 58.9 Å². The molecule has 0 saturated carbocycles. The minimum Gasteiger partial charge on any atom is -0.478 e. The lowest BCUT2D eigenvalue weighted by Gasteiger charge is -2.19. The number of aliphatic carboxylic acids is 1. The molecular formula is C20H24O3. The molecule has 2 aromatic rings. The Morgan fingerprint density at radius 1 is 1.00 bits per heavy atom. The molecule has 0 saturated heterocycles. The second-order valence-electron chi connectivity index (χ2n) is 6.27. The highest BCUT2D eigenvalue weighted by Gasteiger charge is 2.21. The molecule has 0 spiro atoms. The molecule has 1 atom stereocenters. The predicted octanol–water partition coefficient (Wildman–Crippen LogP) is 4.30. The third-order valence-corrected chi connectivity index (χ3v) is 4.30. The fourth-order valence-electron chi connectivity index (χ4n) is 2.60. The van der Waals surface area contributed by atoms with E-state index in [4.69, 9.17) is 4.74 Å². The molecule has 0 heterocycles. The van der Waals surface area contributed by atoms with Gasteiger partial charge in [-0.2, -0.15) is 0 Å². The van der Waals surface area contributed by atoms with Crippen molar-refractivity contribution in [2.45, 2.75) is 47.1 Å². The van der Waals surface area contributed by atoms with Gasteiger partial charge < -0.3 is 9.84 Å². The first-order valence-corrected chi connectivity index (χ1v) is 7.81. The highest BCUT2D eigenvalue weighted by molar-refractivity contribution is 5.73. The smallest absolute Gasteiger partial charge is 0.345 e. The van der Waals surface area contributed by atoms with Crippen molar-refractivity contribution in [1.29, 1.82) is 0 Å².